The predicted molar refractivity (Wildman–Crippen MR) is 230 cm³/mol. The molecule has 0 saturated heterocycles. The van der Waals surface area contributed by atoms with Gasteiger partial charge in [0.1, 0.15) is 29.5 Å². The van der Waals surface area contributed by atoms with Crippen molar-refractivity contribution in [2.45, 2.75) is 57.9 Å². The van der Waals surface area contributed by atoms with Gasteiger partial charge >= 0.3 is 6.18 Å². The van der Waals surface area contributed by atoms with Crippen molar-refractivity contribution in [3.8, 4) is 11.5 Å². The molecule has 8 nitrogen and oxygen atoms in total. The molecular weight excluding hydrogens is 785 g/mol. The van der Waals surface area contributed by atoms with E-state index in [2.05, 4.69) is 35.9 Å². The van der Waals surface area contributed by atoms with Gasteiger partial charge in [-0.3, -0.25) is 0 Å². The van der Waals surface area contributed by atoms with Crippen LogP contribution in [0.2, 0.25) is 0 Å². The van der Waals surface area contributed by atoms with Gasteiger partial charge in [0.2, 0.25) is 0 Å². The Bertz CT molecular complexity index is 2130. The van der Waals surface area contributed by atoms with Gasteiger partial charge in [-0.2, -0.15) is 13.2 Å². The lowest BCUT2D eigenvalue weighted by atomic mass is 9.80. The van der Waals surface area contributed by atoms with Gasteiger partial charge in [0.15, 0.2) is 0 Å². The summed E-state index contributed by atoms with van der Waals surface area (Å²) >= 11 is 0. The van der Waals surface area contributed by atoms with Crippen molar-refractivity contribution in [1.82, 2.24) is 19.1 Å². The first-order valence-electron chi connectivity index (χ1n) is 20.7. The molecule has 0 bridgehead atoms. The Morgan fingerprint density at radius 3 is 1.30 bits per heavy atom. The zero-order chi connectivity index (χ0) is 43.8. The van der Waals surface area contributed by atoms with Crippen LogP contribution in [-0.2, 0) is 42.6 Å². The van der Waals surface area contributed by atoms with Gasteiger partial charge in [0.05, 0.1) is 18.2 Å². The van der Waals surface area contributed by atoms with E-state index in [9.17, 15) is 17.6 Å². The van der Waals surface area contributed by atoms with Gasteiger partial charge in [0.25, 0.3) is 0 Å². The second-order valence-corrected chi connectivity index (χ2v) is 15.3. The molecule has 0 spiro atoms. The van der Waals surface area contributed by atoms with E-state index in [4.69, 9.17) is 18.9 Å². The van der Waals surface area contributed by atoms with Crippen LogP contribution >= 0.6 is 0 Å². The van der Waals surface area contributed by atoms with Gasteiger partial charge < -0.3 is 28.1 Å². The molecule has 2 aromatic heterocycles. The Hall–Kier alpha value is -5.46. The molecule has 0 saturated carbocycles. The molecule has 61 heavy (non-hydrogen) atoms. The molecule has 0 N–H and O–H groups in total. The van der Waals surface area contributed by atoms with E-state index in [-0.39, 0.29) is 41.7 Å². The van der Waals surface area contributed by atoms with Crippen molar-refractivity contribution in [1.29, 1.82) is 0 Å². The molecule has 6 atom stereocenters. The Labute approximate surface area is 357 Å². The van der Waals surface area contributed by atoms with Crippen LogP contribution in [-0.4, -0.2) is 46.5 Å². The Morgan fingerprint density at radius 2 is 0.967 bits per heavy atom. The van der Waals surface area contributed by atoms with Gasteiger partial charge in [-0.05, 0) is 97.2 Å². The van der Waals surface area contributed by atoms with Crippen LogP contribution in [0.1, 0.15) is 67.0 Å². The van der Waals surface area contributed by atoms with Gasteiger partial charge in [-0.25, -0.2) is 14.4 Å². The number of imidazole rings is 2. The zero-order valence-corrected chi connectivity index (χ0v) is 35.8. The van der Waals surface area contributed by atoms with E-state index < -0.39 is 11.7 Å². The van der Waals surface area contributed by atoms with Gasteiger partial charge in [-0.1, -0.05) is 74.5 Å². The first-order valence-corrected chi connectivity index (χ1v) is 20.7. The summed E-state index contributed by atoms with van der Waals surface area (Å²) in [5.41, 5.74) is 3.65. The van der Waals surface area contributed by atoms with Crippen LogP contribution in [0.4, 0.5) is 17.6 Å². The second kappa shape index (κ2) is 22.9. The summed E-state index contributed by atoms with van der Waals surface area (Å²) in [5, 5.41) is 0. The number of rotatable bonds is 20. The molecule has 326 valence electrons. The van der Waals surface area contributed by atoms with Crippen molar-refractivity contribution >= 4 is 0 Å². The number of ether oxygens (including phenoxy) is 4. The smallest absolute Gasteiger partial charge is 0.416 e. The zero-order valence-electron chi connectivity index (χ0n) is 35.8. The van der Waals surface area contributed by atoms with Crippen LogP contribution in [0, 0.1) is 29.5 Å². The normalized spacial score (nSPS) is 14.5. The summed E-state index contributed by atoms with van der Waals surface area (Å²) < 4.78 is 80.3. The highest BCUT2D eigenvalue weighted by Gasteiger charge is 2.34. The molecule has 6 rings (SSSR count). The first-order chi connectivity index (χ1) is 29.4. The predicted octanol–water partition coefficient (Wildman–Crippen LogP) is 11.3. The maximum absolute atomic E-state index is 13.4. The van der Waals surface area contributed by atoms with E-state index in [1.54, 1.807) is 32.7 Å². The molecule has 0 aliphatic carbocycles. The van der Waals surface area contributed by atoms with Gasteiger partial charge in [-0.15, -0.1) is 0 Å². The SMILES string of the molecule is CCC(C(COC)Cc1cncn1C)C(Oc1ccc(C(F)(F)F)cc1)c1ccccc1.CCC(C(COC)Cc1cncn1C)C(Oc1ccc(F)cc1)c1ccccc1. The third kappa shape index (κ3) is 13.3. The van der Waals surface area contributed by atoms with E-state index in [1.807, 2.05) is 90.5 Å². The number of aryl methyl sites for hydroxylation is 2. The lowest BCUT2D eigenvalue weighted by molar-refractivity contribution is -0.137. The standard InChI is InChI=1S/C25H29F3N2O2.C24H29FN2O2/c1-4-23(19(16-31-3)14-21-15-29-17-30(21)2)24(18-8-6-5-7-9-18)32-22-12-10-20(11-13-22)25(26,27)28;1-4-23(19(16-28-3)14-21-15-26-17-27(21)2)24(18-8-6-5-7-9-18)29-22-12-10-20(25)11-13-22/h5-13,15,17,19,23-24H,4,14,16H2,1-3H3;5-13,15,17,19,23-24H,4,14,16H2,1-3H3. The molecule has 0 aliphatic rings. The van der Waals surface area contributed by atoms with Crippen LogP contribution in [0.25, 0.3) is 0 Å². The minimum atomic E-state index is -4.38. The summed E-state index contributed by atoms with van der Waals surface area (Å²) in [5.74, 6) is 1.43. The maximum atomic E-state index is 13.4. The molecule has 0 radical (unpaired) electrons. The fourth-order valence-electron chi connectivity index (χ4n) is 8.00. The van der Waals surface area contributed by atoms with Crippen molar-refractivity contribution in [2.24, 2.45) is 37.8 Å². The summed E-state index contributed by atoms with van der Waals surface area (Å²) in [4.78, 5) is 8.47. The number of hydrogen-bond acceptors (Lipinski definition) is 6. The molecule has 0 fully saturated rings. The highest BCUT2D eigenvalue weighted by molar-refractivity contribution is 5.31. The van der Waals surface area contributed by atoms with E-state index in [0.29, 0.717) is 24.7 Å². The van der Waals surface area contributed by atoms with Crippen molar-refractivity contribution in [3.05, 3.63) is 168 Å². The summed E-state index contributed by atoms with van der Waals surface area (Å²) in [6.45, 7) is 5.44. The lowest BCUT2D eigenvalue weighted by Gasteiger charge is -2.33. The van der Waals surface area contributed by atoms with E-state index >= 15 is 0 Å². The fraction of sp³-hybridized carbons (Fsp3) is 0.388. The molecule has 0 aliphatic heterocycles. The number of aromatic nitrogens is 4. The van der Waals surface area contributed by atoms with Crippen LogP contribution < -0.4 is 9.47 Å². The number of alkyl halides is 3. The number of benzene rings is 4. The number of hydrogen-bond donors (Lipinski definition) is 0. The fourth-order valence-corrected chi connectivity index (χ4v) is 8.00. The molecule has 6 unspecified atom stereocenters. The van der Waals surface area contributed by atoms with Crippen molar-refractivity contribution in [2.75, 3.05) is 27.4 Å². The number of methoxy groups -OCH3 is 2. The van der Waals surface area contributed by atoms with Crippen molar-refractivity contribution in [3.63, 3.8) is 0 Å². The van der Waals surface area contributed by atoms with E-state index in [1.165, 1.54) is 30.0 Å². The molecular formula is C49H58F4N4O4. The third-order valence-corrected chi connectivity index (χ3v) is 11.2. The minimum Gasteiger partial charge on any atom is -0.485 e. The topological polar surface area (TPSA) is 72.6 Å². The lowest BCUT2D eigenvalue weighted by Crippen LogP contribution is -2.30. The molecule has 2 heterocycles. The quantitative estimate of drug-likeness (QED) is 0.0713. The number of halogens is 4. The van der Waals surface area contributed by atoms with Crippen LogP contribution in [0.3, 0.4) is 0 Å². The summed E-state index contributed by atoms with van der Waals surface area (Å²) in [6, 6.07) is 31.1. The Balaban J connectivity index is 0.000000232. The van der Waals surface area contributed by atoms with Gasteiger partial charge in [0, 0.05) is 77.1 Å². The summed E-state index contributed by atoms with van der Waals surface area (Å²) in [7, 11) is 7.38. The molecule has 12 heteroatoms. The van der Waals surface area contributed by atoms with Crippen LogP contribution in [0.5, 0.6) is 11.5 Å². The second-order valence-electron chi connectivity index (χ2n) is 15.3. The highest BCUT2D eigenvalue weighted by Crippen LogP contribution is 2.39. The minimum absolute atomic E-state index is 0.0644. The monoisotopic (exact) mass is 842 g/mol. The van der Waals surface area contributed by atoms with E-state index in [0.717, 1.165) is 54.6 Å². The molecule has 4 aromatic carbocycles. The molecule has 0 amide bonds. The Kier molecular flexibility index (Phi) is 17.5. The largest absolute Gasteiger partial charge is 0.485 e. The van der Waals surface area contributed by atoms with Crippen molar-refractivity contribution < 1.29 is 36.5 Å². The highest BCUT2D eigenvalue weighted by atomic mass is 19.4. The molecule has 6 aromatic rings. The van der Waals surface area contributed by atoms with Crippen LogP contribution in [0.15, 0.2) is 134 Å². The average Bonchev–Trinajstić information content (AvgIpc) is 3.87. The third-order valence-electron chi connectivity index (χ3n) is 11.2. The average molecular weight is 843 g/mol. The maximum Gasteiger partial charge on any atom is 0.416 e. The number of nitrogens with zero attached hydrogens (tertiary/aromatic N) is 4. The Morgan fingerprint density at radius 1 is 0.574 bits per heavy atom. The first kappa shape index (κ1) is 46.6. The summed E-state index contributed by atoms with van der Waals surface area (Å²) in [6.07, 6.45) is 5.80.